The van der Waals surface area contributed by atoms with Gasteiger partial charge in [-0.15, -0.1) is 0 Å². The Hall–Kier alpha value is -1.63. The Morgan fingerprint density at radius 1 is 1.00 bits per heavy atom. The molecule has 0 radical (unpaired) electrons. The van der Waals surface area contributed by atoms with Gasteiger partial charge in [-0.2, -0.15) is 5.26 Å². The summed E-state index contributed by atoms with van der Waals surface area (Å²) in [7, 11) is 2.22. The van der Waals surface area contributed by atoms with E-state index in [0.29, 0.717) is 10.7 Å². The van der Waals surface area contributed by atoms with Gasteiger partial charge < -0.3 is 4.90 Å². The Balaban J connectivity index is 0.000000878. The molecule has 0 spiro atoms. The number of nitrogens with zero attached hydrogens (tertiary/aromatic N) is 2. The molecule has 3 heteroatoms. The van der Waals surface area contributed by atoms with Crippen LogP contribution in [0.5, 0.6) is 0 Å². The van der Waals surface area contributed by atoms with Crippen LogP contribution in [0.2, 0.25) is 0 Å². The van der Waals surface area contributed by atoms with Crippen LogP contribution in [-0.2, 0) is 13.0 Å². The van der Waals surface area contributed by atoms with E-state index in [1.807, 2.05) is 0 Å². The predicted octanol–water partition coefficient (Wildman–Crippen LogP) is 6.70. The second-order valence-corrected chi connectivity index (χ2v) is 8.88. The molecule has 3 rings (SSSR count). The Morgan fingerprint density at radius 2 is 1.64 bits per heavy atom. The van der Waals surface area contributed by atoms with Gasteiger partial charge >= 0.3 is 0 Å². The van der Waals surface area contributed by atoms with E-state index in [0.717, 1.165) is 13.1 Å². The van der Waals surface area contributed by atoms with Crippen LogP contribution in [0.15, 0.2) is 54.6 Å². The number of halogens is 1. The molecular weight excluding hydrogens is 408 g/mol. The fourth-order valence-electron chi connectivity index (χ4n) is 3.92. The fraction of sp³-hybridized carbons (Fsp3) is 0.480. The highest BCUT2D eigenvalue weighted by molar-refractivity contribution is 9.09. The molecular formula is C25H33BrN2. The van der Waals surface area contributed by atoms with Gasteiger partial charge in [-0.1, -0.05) is 83.4 Å². The maximum absolute atomic E-state index is 7.32. The molecule has 2 aromatic carbocycles. The Bertz CT molecular complexity index is 706. The minimum Gasteiger partial charge on any atom is -0.302 e. The van der Waals surface area contributed by atoms with Crippen LogP contribution in [0.3, 0.4) is 0 Å². The number of hydrogen-bond acceptors (Lipinski definition) is 2. The summed E-state index contributed by atoms with van der Waals surface area (Å²) >= 11 is 3.89. The van der Waals surface area contributed by atoms with Gasteiger partial charge in [0.1, 0.15) is 0 Å². The third-order valence-corrected chi connectivity index (χ3v) is 6.49. The van der Waals surface area contributed by atoms with Crippen LogP contribution >= 0.6 is 15.9 Å². The van der Waals surface area contributed by atoms with Crippen molar-refractivity contribution in [3.63, 3.8) is 0 Å². The molecule has 2 atom stereocenters. The molecule has 0 bridgehead atoms. The summed E-state index contributed by atoms with van der Waals surface area (Å²) in [6.07, 6.45) is 7.79. The van der Waals surface area contributed by atoms with Gasteiger partial charge in [-0.3, -0.25) is 0 Å². The van der Waals surface area contributed by atoms with Gasteiger partial charge in [0.2, 0.25) is 0 Å². The molecule has 2 unspecified atom stereocenters. The van der Waals surface area contributed by atoms with Crippen molar-refractivity contribution < 1.29 is 0 Å². The minimum atomic E-state index is 0.665. The minimum absolute atomic E-state index is 0.665. The summed E-state index contributed by atoms with van der Waals surface area (Å²) in [6, 6.07) is 21.9. The number of alkyl halides is 1. The zero-order valence-electron chi connectivity index (χ0n) is 17.3. The van der Waals surface area contributed by atoms with Crippen molar-refractivity contribution in [2.45, 2.75) is 62.7 Å². The molecule has 2 nitrogen and oxygen atoms in total. The van der Waals surface area contributed by atoms with Crippen LogP contribution < -0.4 is 0 Å². The zero-order chi connectivity index (χ0) is 20.2. The lowest BCUT2D eigenvalue weighted by atomic mass is 9.83. The summed E-state index contributed by atoms with van der Waals surface area (Å²) in [5.74, 6) is 0.708. The van der Waals surface area contributed by atoms with Crippen LogP contribution in [0.25, 0.3) is 0 Å². The summed E-state index contributed by atoms with van der Waals surface area (Å²) < 4.78 is 0. The van der Waals surface area contributed by atoms with Gasteiger partial charge in [0.25, 0.3) is 0 Å². The van der Waals surface area contributed by atoms with E-state index >= 15 is 0 Å². The number of rotatable bonds is 7. The Morgan fingerprint density at radius 3 is 2.29 bits per heavy atom. The topological polar surface area (TPSA) is 27.0 Å². The van der Waals surface area contributed by atoms with Crippen molar-refractivity contribution in [3.8, 4) is 6.07 Å². The van der Waals surface area contributed by atoms with Gasteiger partial charge in [-0.25, -0.2) is 0 Å². The van der Waals surface area contributed by atoms with E-state index in [-0.39, 0.29) is 0 Å². The van der Waals surface area contributed by atoms with Gasteiger partial charge in [-0.05, 0) is 61.9 Å². The van der Waals surface area contributed by atoms with Gasteiger partial charge in [0.15, 0.2) is 0 Å². The second kappa shape index (κ2) is 12.8. The van der Waals surface area contributed by atoms with E-state index < -0.39 is 0 Å². The van der Waals surface area contributed by atoms with Crippen molar-refractivity contribution in [1.29, 1.82) is 5.26 Å². The van der Waals surface area contributed by atoms with Crippen molar-refractivity contribution in [2.24, 2.45) is 0 Å². The monoisotopic (exact) mass is 440 g/mol. The number of nitriles is 1. The van der Waals surface area contributed by atoms with E-state index in [2.05, 4.69) is 82.5 Å². The molecule has 0 amide bonds. The van der Waals surface area contributed by atoms with Crippen LogP contribution in [0.4, 0.5) is 0 Å². The molecule has 0 saturated heterocycles. The first-order valence-corrected chi connectivity index (χ1v) is 11.3. The SMILES string of the molecule is CC#N.CN(CCCc1ccc(C2CCCCC2Br)cc1)Cc1ccccc1. The normalized spacial score (nSPS) is 18.8. The molecule has 2 aromatic rings. The molecule has 1 fully saturated rings. The number of benzene rings is 2. The summed E-state index contributed by atoms with van der Waals surface area (Å²) in [5, 5.41) is 7.32. The standard InChI is InChI=1S/C23H30BrN.C2H3N/c1-25(18-20-8-3-2-4-9-20)17-7-10-19-13-15-21(16-14-19)22-11-5-6-12-23(22)24;1-2-3/h2-4,8-9,13-16,22-23H,5-7,10-12,17-18H2,1H3;1H3. The van der Waals surface area contributed by atoms with Crippen LogP contribution in [0, 0.1) is 11.3 Å². The molecule has 0 aromatic heterocycles. The first kappa shape index (κ1) is 22.7. The molecule has 1 saturated carbocycles. The Labute approximate surface area is 179 Å². The van der Waals surface area contributed by atoms with Crippen LogP contribution in [-0.4, -0.2) is 23.3 Å². The van der Waals surface area contributed by atoms with Crippen molar-refractivity contribution in [3.05, 3.63) is 71.3 Å². The quantitative estimate of drug-likeness (QED) is 0.447. The fourth-order valence-corrected chi connectivity index (χ4v) is 4.81. The lowest BCUT2D eigenvalue weighted by Gasteiger charge is -2.27. The smallest absolute Gasteiger partial charge is 0.0587 e. The second-order valence-electron chi connectivity index (χ2n) is 7.70. The van der Waals surface area contributed by atoms with Crippen molar-refractivity contribution in [2.75, 3.05) is 13.6 Å². The highest BCUT2D eigenvalue weighted by Gasteiger charge is 2.23. The highest BCUT2D eigenvalue weighted by atomic mass is 79.9. The molecule has 28 heavy (non-hydrogen) atoms. The summed E-state index contributed by atoms with van der Waals surface area (Å²) in [5.41, 5.74) is 4.39. The van der Waals surface area contributed by atoms with E-state index in [9.17, 15) is 0 Å². The molecule has 0 N–H and O–H groups in total. The molecule has 1 aliphatic carbocycles. The maximum atomic E-state index is 7.32. The van der Waals surface area contributed by atoms with Crippen molar-refractivity contribution in [1.82, 2.24) is 4.90 Å². The molecule has 0 heterocycles. The average Bonchev–Trinajstić information content (AvgIpc) is 2.70. The lowest BCUT2D eigenvalue weighted by molar-refractivity contribution is 0.322. The number of hydrogen-bond donors (Lipinski definition) is 0. The molecule has 0 aliphatic heterocycles. The third-order valence-electron chi connectivity index (χ3n) is 5.39. The summed E-state index contributed by atoms with van der Waals surface area (Å²) in [6.45, 7) is 3.61. The molecule has 1 aliphatic rings. The zero-order valence-corrected chi connectivity index (χ0v) is 18.9. The average molecular weight is 441 g/mol. The van der Waals surface area contributed by atoms with Crippen LogP contribution in [0.1, 0.15) is 61.6 Å². The highest BCUT2D eigenvalue weighted by Crippen LogP contribution is 2.37. The Kier molecular flexibility index (Phi) is 10.3. The van der Waals surface area contributed by atoms with Gasteiger partial charge in [0, 0.05) is 18.3 Å². The first-order valence-electron chi connectivity index (χ1n) is 10.4. The van der Waals surface area contributed by atoms with E-state index in [1.54, 1.807) is 6.07 Å². The number of aryl methyl sites for hydroxylation is 1. The van der Waals surface area contributed by atoms with E-state index in [1.165, 1.54) is 62.1 Å². The third kappa shape index (κ3) is 7.78. The van der Waals surface area contributed by atoms with Crippen molar-refractivity contribution >= 4 is 15.9 Å². The largest absolute Gasteiger partial charge is 0.302 e. The molecule has 150 valence electrons. The first-order chi connectivity index (χ1) is 13.6. The maximum Gasteiger partial charge on any atom is 0.0587 e. The summed E-state index contributed by atoms with van der Waals surface area (Å²) in [4.78, 5) is 3.08. The van der Waals surface area contributed by atoms with E-state index in [4.69, 9.17) is 5.26 Å². The lowest BCUT2D eigenvalue weighted by Crippen LogP contribution is -2.19. The predicted molar refractivity (Wildman–Crippen MR) is 123 cm³/mol. The van der Waals surface area contributed by atoms with Gasteiger partial charge in [0.05, 0.1) is 6.07 Å².